The number of aromatic amines is 1. The number of nitrogens with zero attached hydrogens (tertiary/aromatic N) is 5. The molecule has 0 unspecified atom stereocenters. The topological polar surface area (TPSA) is 80.4 Å². The molecule has 4 heterocycles. The highest BCUT2D eigenvalue weighted by atomic mass is 31.2. The van der Waals surface area contributed by atoms with Crippen molar-refractivity contribution in [3.8, 4) is 11.3 Å². The van der Waals surface area contributed by atoms with Gasteiger partial charge in [0.15, 0.2) is 0 Å². The lowest BCUT2D eigenvalue weighted by Gasteiger charge is -2.42. The number of piperazine rings is 1. The lowest BCUT2D eigenvalue weighted by molar-refractivity contribution is 0.0982. The zero-order valence-electron chi connectivity index (χ0n) is 23.1. The Morgan fingerprint density at radius 2 is 1.64 bits per heavy atom. The van der Waals surface area contributed by atoms with E-state index in [0.717, 1.165) is 52.4 Å². The average molecular weight is 544 g/mol. The van der Waals surface area contributed by atoms with Crippen LogP contribution in [0.1, 0.15) is 12.8 Å². The van der Waals surface area contributed by atoms with Crippen molar-refractivity contribution in [3.05, 3.63) is 60.9 Å². The summed E-state index contributed by atoms with van der Waals surface area (Å²) in [7, 11) is -0.225. The summed E-state index contributed by atoms with van der Waals surface area (Å²) >= 11 is 0. The van der Waals surface area contributed by atoms with Crippen molar-refractivity contribution in [1.29, 1.82) is 0 Å². The number of benzene rings is 2. The average Bonchev–Trinajstić information content (AvgIpc) is 3.39. The Morgan fingerprint density at radius 1 is 0.923 bits per heavy atom. The molecular formula is C30H38N7OP. The van der Waals surface area contributed by atoms with Crippen molar-refractivity contribution in [1.82, 2.24) is 24.8 Å². The highest BCUT2D eigenvalue weighted by Crippen LogP contribution is 2.39. The summed E-state index contributed by atoms with van der Waals surface area (Å²) < 4.78 is 12.8. The van der Waals surface area contributed by atoms with Crippen molar-refractivity contribution in [2.75, 3.05) is 69.9 Å². The summed E-state index contributed by atoms with van der Waals surface area (Å²) in [5, 5.41) is 5.13. The molecular weight excluding hydrogens is 505 g/mol. The number of piperidine rings is 1. The van der Waals surface area contributed by atoms with E-state index in [1.807, 2.05) is 24.3 Å². The number of rotatable bonds is 6. The van der Waals surface area contributed by atoms with Gasteiger partial charge in [-0.25, -0.2) is 9.97 Å². The van der Waals surface area contributed by atoms with Gasteiger partial charge in [-0.2, -0.15) is 0 Å². The molecule has 6 rings (SSSR count). The van der Waals surface area contributed by atoms with Crippen molar-refractivity contribution in [2.45, 2.75) is 18.9 Å². The molecule has 9 heteroatoms. The Hall–Kier alpha value is -3.19. The van der Waals surface area contributed by atoms with Crippen LogP contribution in [0.5, 0.6) is 0 Å². The number of para-hydroxylation sites is 1. The van der Waals surface area contributed by atoms with Gasteiger partial charge in [0, 0.05) is 62.0 Å². The molecule has 2 aromatic carbocycles. The Bertz CT molecular complexity index is 1480. The number of hydrogen-bond acceptors (Lipinski definition) is 7. The van der Waals surface area contributed by atoms with Gasteiger partial charge in [-0.15, -0.1) is 0 Å². The van der Waals surface area contributed by atoms with Gasteiger partial charge in [0.1, 0.15) is 24.9 Å². The Balaban J connectivity index is 1.16. The fourth-order valence-corrected chi connectivity index (χ4v) is 7.06. The standard InChI is InChI=1S/C30H38N7OP/c1-35-16-18-37(19-17-35)24-12-14-36(15-13-24)23-10-8-22(9-11-23)27-20-25-29(31-21-32-30(25)34-27)33-26-6-4-5-7-28(26)39(2,3)38/h4-11,20-21,24H,12-19H2,1-3H3,(H2,31,32,33,34). The van der Waals surface area contributed by atoms with E-state index in [1.54, 1.807) is 19.7 Å². The molecule has 0 saturated carbocycles. The molecule has 2 saturated heterocycles. The fourth-order valence-electron chi connectivity index (χ4n) is 5.90. The van der Waals surface area contributed by atoms with Crippen LogP contribution in [-0.4, -0.2) is 90.4 Å². The van der Waals surface area contributed by atoms with Crippen LogP contribution in [0.3, 0.4) is 0 Å². The van der Waals surface area contributed by atoms with E-state index >= 15 is 0 Å². The van der Waals surface area contributed by atoms with E-state index in [0.29, 0.717) is 5.82 Å². The minimum absolute atomic E-state index is 0.697. The van der Waals surface area contributed by atoms with Gasteiger partial charge < -0.3 is 24.7 Å². The molecule has 2 N–H and O–H groups in total. The summed E-state index contributed by atoms with van der Waals surface area (Å²) in [6.07, 6.45) is 4.02. The number of fused-ring (bicyclic) bond motifs is 1. The molecule has 8 nitrogen and oxygen atoms in total. The molecule has 0 atom stereocenters. The van der Waals surface area contributed by atoms with Gasteiger partial charge in [0.05, 0.1) is 11.1 Å². The predicted molar refractivity (Wildman–Crippen MR) is 162 cm³/mol. The van der Waals surface area contributed by atoms with Gasteiger partial charge in [-0.3, -0.25) is 4.90 Å². The van der Waals surface area contributed by atoms with E-state index in [-0.39, 0.29) is 0 Å². The van der Waals surface area contributed by atoms with E-state index in [4.69, 9.17) is 0 Å². The van der Waals surface area contributed by atoms with Crippen LogP contribution in [0.15, 0.2) is 60.9 Å². The van der Waals surface area contributed by atoms with Gasteiger partial charge in [0.2, 0.25) is 0 Å². The maximum absolute atomic E-state index is 12.8. The second kappa shape index (κ2) is 10.8. The monoisotopic (exact) mass is 543 g/mol. The quantitative estimate of drug-likeness (QED) is 0.337. The third-order valence-electron chi connectivity index (χ3n) is 8.23. The molecule has 0 spiro atoms. The third-order valence-corrected chi connectivity index (χ3v) is 9.78. The zero-order chi connectivity index (χ0) is 27.0. The first kappa shape index (κ1) is 26.1. The molecule has 204 valence electrons. The van der Waals surface area contributed by atoms with Crippen LogP contribution in [0, 0.1) is 0 Å². The zero-order valence-corrected chi connectivity index (χ0v) is 24.0. The minimum atomic E-state index is -2.45. The summed E-state index contributed by atoms with van der Waals surface area (Å²) in [6.45, 7) is 10.6. The maximum Gasteiger partial charge on any atom is 0.143 e. The molecule has 0 aliphatic carbocycles. The number of likely N-dealkylation sites (N-methyl/N-ethyl adjacent to an activating group) is 1. The summed E-state index contributed by atoms with van der Waals surface area (Å²) in [5.74, 6) is 0.697. The lowest BCUT2D eigenvalue weighted by Crippen LogP contribution is -2.52. The van der Waals surface area contributed by atoms with E-state index in [1.165, 1.54) is 44.7 Å². The van der Waals surface area contributed by atoms with Gasteiger partial charge >= 0.3 is 0 Å². The molecule has 2 aromatic heterocycles. The Morgan fingerprint density at radius 3 is 2.36 bits per heavy atom. The van der Waals surface area contributed by atoms with Crippen molar-refractivity contribution < 1.29 is 4.57 Å². The smallest absolute Gasteiger partial charge is 0.143 e. The first-order valence-electron chi connectivity index (χ1n) is 13.9. The molecule has 0 radical (unpaired) electrons. The van der Waals surface area contributed by atoms with Crippen molar-refractivity contribution in [2.24, 2.45) is 0 Å². The van der Waals surface area contributed by atoms with Crippen molar-refractivity contribution >= 4 is 40.7 Å². The van der Waals surface area contributed by atoms with Gasteiger partial charge in [-0.05, 0) is 69.1 Å². The summed E-state index contributed by atoms with van der Waals surface area (Å²) in [6, 6.07) is 19.4. The molecule has 39 heavy (non-hydrogen) atoms. The number of anilines is 3. The Labute approximate surface area is 230 Å². The summed E-state index contributed by atoms with van der Waals surface area (Å²) in [4.78, 5) is 20.1. The number of H-pyrrole nitrogens is 1. The molecule has 2 aliphatic rings. The van der Waals surface area contributed by atoms with Crippen LogP contribution in [0.2, 0.25) is 0 Å². The number of nitrogens with one attached hydrogen (secondary N) is 2. The number of aromatic nitrogens is 3. The lowest BCUT2D eigenvalue weighted by atomic mass is 10.0. The van der Waals surface area contributed by atoms with Crippen LogP contribution >= 0.6 is 7.14 Å². The van der Waals surface area contributed by atoms with Crippen LogP contribution in [-0.2, 0) is 4.57 Å². The first-order chi connectivity index (χ1) is 18.8. The fraction of sp³-hybridized carbons (Fsp3) is 0.400. The highest BCUT2D eigenvalue weighted by Gasteiger charge is 2.27. The summed E-state index contributed by atoms with van der Waals surface area (Å²) in [5.41, 5.74) is 4.98. The van der Waals surface area contributed by atoms with Crippen LogP contribution in [0.25, 0.3) is 22.3 Å². The van der Waals surface area contributed by atoms with Crippen LogP contribution in [0.4, 0.5) is 17.2 Å². The second-order valence-corrected chi connectivity index (χ2v) is 14.4. The largest absolute Gasteiger partial charge is 0.371 e. The normalized spacial score (nSPS) is 18.1. The third kappa shape index (κ3) is 5.60. The molecule has 0 bridgehead atoms. The van der Waals surface area contributed by atoms with Crippen LogP contribution < -0.4 is 15.5 Å². The predicted octanol–water partition coefficient (Wildman–Crippen LogP) is 4.83. The van der Waals surface area contributed by atoms with Gasteiger partial charge in [0.25, 0.3) is 0 Å². The minimum Gasteiger partial charge on any atom is -0.371 e. The van der Waals surface area contributed by atoms with E-state index in [9.17, 15) is 4.57 Å². The molecule has 4 aromatic rings. The molecule has 2 fully saturated rings. The van der Waals surface area contributed by atoms with Crippen molar-refractivity contribution in [3.63, 3.8) is 0 Å². The number of hydrogen-bond donors (Lipinski definition) is 2. The molecule has 0 amide bonds. The van der Waals surface area contributed by atoms with Gasteiger partial charge in [-0.1, -0.05) is 24.3 Å². The van der Waals surface area contributed by atoms with E-state index < -0.39 is 7.14 Å². The molecule has 2 aliphatic heterocycles. The van der Waals surface area contributed by atoms with E-state index in [2.05, 4.69) is 72.3 Å². The first-order valence-corrected chi connectivity index (χ1v) is 16.5. The highest BCUT2D eigenvalue weighted by molar-refractivity contribution is 7.70. The Kier molecular flexibility index (Phi) is 7.19. The SMILES string of the molecule is CN1CCN(C2CCN(c3ccc(-c4cc5c(Nc6ccccc6P(C)(C)=O)ncnc5[nH]4)cc3)CC2)CC1. The maximum atomic E-state index is 12.8. The second-order valence-electron chi connectivity index (χ2n) is 11.3.